The van der Waals surface area contributed by atoms with Gasteiger partial charge in [-0.1, -0.05) is 13.8 Å². The molecule has 4 heteroatoms. The van der Waals surface area contributed by atoms with Gasteiger partial charge in [-0.05, 0) is 12.3 Å². The third kappa shape index (κ3) is 7.96. The van der Waals surface area contributed by atoms with Crippen LogP contribution in [0.1, 0.15) is 26.7 Å². The van der Waals surface area contributed by atoms with Gasteiger partial charge in [0.05, 0.1) is 7.11 Å². The maximum Gasteiger partial charge on any atom is 0.305 e. The third-order valence-corrected chi connectivity index (χ3v) is 3.28. The van der Waals surface area contributed by atoms with Gasteiger partial charge in [-0.15, -0.1) is 0 Å². The molecular weight excluding hydrogens is 188 g/mol. The van der Waals surface area contributed by atoms with E-state index in [2.05, 4.69) is 4.74 Å². The molecule has 0 saturated carbocycles. The monoisotopic (exact) mass is 206 g/mol. The Kier molecular flexibility index (Phi) is 6.86. The summed E-state index contributed by atoms with van der Waals surface area (Å²) in [7, 11) is 0.592. The van der Waals surface area contributed by atoms with E-state index in [4.69, 9.17) is 0 Å². The molecule has 0 spiro atoms. The maximum atomic E-state index is 11.3. The highest BCUT2D eigenvalue weighted by molar-refractivity contribution is 7.84. The van der Waals surface area contributed by atoms with Crippen molar-refractivity contribution >= 4 is 16.8 Å². The summed E-state index contributed by atoms with van der Waals surface area (Å²) in [5, 5.41) is 0. The van der Waals surface area contributed by atoms with Crippen molar-refractivity contribution in [1.29, 1.82) is 0 Å². The predicted octanol–water partition coefficient (Wildman–Crippen LogP) is 1.34. The van der Waals surface area contributed by atoms with Gasteiger partial charge in [-0.25, -0.2) is 0 Å². The molecule has 0 amide bonds. The Balaban J connectivity index is 3.42. The topological polar surface area (TPSA) is 43.4 Å². The normalized spacial score (nSPS) is 12.9. The van der Waals surface area contributed by atoms with Gasteiger partial charge in [0, 0.05) is 28.7 Å². The standard InChI is InChI=1S/C9H18O3S/c1-8(2)7-13(11)6-4-5-9(10)12-3/h8H,4-7H2,1-3H3. The average molecular weight is 206 g/mol. The van der Waals surface area contributed by atoms with Crippen LogP contribution in [0.15, 0.2) is 0 Å². The predicted molar refractivity (Wildman–Crippen MR) is 54.0 cm³/mol. The molecule has 0 aromatic rings. The van der Waals surface area contributed by atoms with Gasteiger partial charge in [0.15, 0.2) is 0 Å². The Morgan fingerprint density at radius 1 is 1.46 bits per heavy atom. The van der Waals surface area contributed by atoms with E-state index in [0.717, 1.165) is 5.75 Å². The number of rotatable bonds is 6. The Morgan fingerprint density at radius 2 is 2.08 bits per heavy atom. The first-order valence-electron chi connectivity index (χ1n) is 4.48. The lowest BCUT2D eigenvalue weighted by Gasteiger charge is -2.04. The molecule has 0 N–H and O–H groups in total. The maximum absolute atomic E-state index is 11.3. The zero-order valence-electron chi connectivity index (χ0n) is 8.54. The van der Waals surface area contributed by atoms with Gasteiger partial charge in [0.2, 0.25) is 0 Å². The second-order valence-corrected chi connectivity index (χ2v) is 5.01. The fourth-order valence-electron chi connectivity index (χ4n) is 0.935. The van der Waals surface area contributed by atoms with Crippen molar-refractivity contribution in [3.8, 4) is 0 Å². The van der Waals surface area contributed by atoms with Gasteiger partial charge in [0.25, 0.3) is 0 Å². The zero-order valence-corrected chi connectivity index (χ0v) is 9.36. The molecule has 0 fully saturated rings. The minimum atomic E-state index is -0.776. The van der Waals surface area contributed by atoms with E-state index in [9.17, 15) is 9.00 Å². The molecule has 3 nitrogen and oxygen atoms in total. The summed E-state index contributed by atoms with van der Waals surface area (Å²) in [4.78, 5) is 10.7. The highest BCUT2D eigenvalue weighted by Gasteiger charge is 2.05. The van der Waals surface area contributed by atoms with Crippen LogP contribution >= 0.6 is 0 Å². The molecule has 0 bridgehead atoms. The largest absolute Gasteiger partial charge is 0.469 e. The van der Waals surface area contributed by atoms with E-state index < -0.39 is 10.8 Å². The fraction of sp³-hybridized carbons (Fsp3) is 0.889. The zero-order chi connectivity index (χ0) is 10.3. The van der Waals surface area contributed by atoms with Gasteiger partial charge in [-0.3, -0.25) is 9.00 Å². The Morgan fingerprint density at radius 3 is 2.54 bits per heavy atom. The van der Waals surface area contributed by atoms with Crippen molar-refractivity contribution in [3.05, 3.63) is 0 Å². The summed E-state index contributed by atoms with van der Waals surface area (Å²) < 4.78 is 15.8. The van der Waals surface area contributed by atoms with Crippen LogP contribution in [0.25, 0.3) is 0 Å². The van der Waals surface area contributed by atoms with E-state index in [-0.39, 0.29) is 5.97 Å². The van der Waals surface area contributed by atoms with E-state index in [1.807, 2.05) is 13.8 Å². The van der Waals surface area contributed by atoms with Gasteiger partial charge in [0.1, 0.15) is 0 Å². The van der Waals surface area contributed by atoms with Crippen molar-refractivity contribution in [2.75, 3.05) is 18.6 Å². The molecule has 0 aliphatic carbocycles. The molecule has 0 aromatic carbocycles. The lowest BCUT2D eigenvalue weighted by molar-refractivity contribution is -0.140. The molecule has 0 aliphatic heterocycles. The van der Waals surface area contributed by atoms with Crippen LogP contribution in [0, 0.1) is 5.92 Å². The van der Waals surface area contributed by atoms with Crippen molar-refractivity contribution in [3.63, 3.8) is 0 Å². The van der Waals surface area contributed by atoms with Crippen LogP contribution in [0.3, 0.4) is 0 Å². The number of carbonyl (C=O) groups is 1. The molecule has 0 aromatic heterocycles. The molecule has 13 heavy (non-hydrogen) atoms. The third-order valence-electron chi connectivity index (χ3n) is 1.50. The summed E-state index contributed by atoms with van der Waals surface area (Å²) in [5.74, 6) is 1.56. The number of hydrogen-bond donors (Lipinski definition) is 0. The van der Waals surface area contributed by atoms with Crippen LogP contribution in [-0.2, 0) is 20.3 Å². The van der Waals surface area contributed by atoms with Crippen molar-refractivity contribution < 1.29 is 13.7 Å². The molecule has 0 radical (unpaired) electrons. The Hall–Kier alpha value is -0.380. The van der Waals surface area contributed by atoms with E-state index >= 15 is 0 Å². The molecular formula is C9H18O3S. The van der Waals surface area contributed by atoms with E-state index in [0.29, 0.717) is 24.5 Å². The lowest BCUT2D eigenvalue weighted by Crippen LogP contribution is -2.10. The van der Waals surface area contributed by atoms with Crippen LogP contribution in [0.2, 0.25) is 0 Å². The van der Waals surface area contributed by atoms with E-state index in [1.54, 1.807) is 0 Å². The van der Waals surface area contributed by atoms with Gasteiger partial charge < -0.3 is 4.74 Å². The fourth-order valence-corrected chi connectivity index (χ4v) is 2.31. The molecule has 1 unspecified atom stereocenters. The SMILES string of the molecule is COC(=O)CCCS(=O)CC(C)C. The summed E-state index contributed by atoms with van der Waals surface area (Å²) in [5.41, 5.74) is 0. The van der Waals surface area contributed by atoms with Crippen LogP contribution in [-0.4, -0.2) is 28.8 Å². The van der Waals surface area contributed by atoms with Crippen molar-refractivity contribution in [2.24, 2.45) is 5.92 Å². The highest BCUT2D eigenvalue weighted by Crippen LogP contribution is 2.00. The number of hydrogen-bond acceptors (Lipinski definition) is 3. The second kappa shape index (κ2) is 7.06. The molecule has 78 valence electrons. The van der Waals surface area contributed by atoms with Crippen molar-refractivity contribution in [1.82, 2.24) is 0 Å². The minimum Gasteiger partial charge on any atom is -0.469 e. The molecule has 0 saturated heterocycles. The number of ether oxygens (including phenoxy) is 1. The minimum absolute atomic E-state index is 0.221. The highest BCUT2D eigenvalue weighted by atomic mass is 32.2. The molecule has 0 rings (SSSR count). The average Bonchev–Trinajstić information content (AvgIpc) is 2.02. The quantitative estimate of drug-likeness (QED) is 0.616. The Labute approximate surface area is 82.3 Å². The number of carbonyl (C=O) groups excluding carboxylic acids is 1. The molecule has 0 aliphatic rings. The van der Waals surface area contributed by atoms with Crippen molar-refractivity contribution in [2.45, 2.75) is 26.7 Å². The first kappa shape index (κ1) is 12.6. The van der Waals surface area contributed by atoms with Crippen LogP contribution in [0.5, 0.6) is 0 Å². The second-order valence-electron chi connectivity index (χ2n) is 3.38. The summed E-state index contributed by atoms with van der Waals surface area (Å²) >= 11 is 0. The molecule has 1 atom stereocenters. The smallest absolute Gasteiger partial charge is 0.305 e. The number of methoxy groups -OCH3 is 1. The number of esters is 1. The first-order chi connectivity index (χ1) is 6.06. The summed E-state index contributed by atoms with van der Waals surface area (Å²) in [6, 6.07) is 0. The lowest BCUT2D eigenvalue weighted by atomic mass is 10.3. The summed E-state index contributed by atoms with van der Waals surface area (Å²) in [6.07, 6.45) is 1.03. The summed E-state index contributed by atoms with van der Waals surface area (Å²) in [6.45, 7) is 4.08. The van der Waals surface area contributed by atoms with Gasteiger partial charge in [-0.2, -0.15) is 0 Å². The van der Waals surface area contributed by atoms with E-state index in [1.165, 1.54) is 7.11 Å². The Bertz CT molecular complexity index is 178. The van der Waals surface area contributed by atoms with Crippen LogP contribution < -0.4 is 0 Å². The van der Waals surface area contributed by atoms with Crippen LogP contribution in [0.4, 0.5) is 0 Å². The first-order valence-corrected chi connectivity index (χ1v) is 5.97. The van der Waals surface area contributed by atoms with Gasteiger partial charge >= 0.3 is 5.97 Å². The molecule has 0 heterocycles.